The van der Waals surface area contributed by atoms with Crippen LogP contribution < -0.4 is 0 Å². The van der Waals surface area contributed by atoms with Crippen molar-refractivity contribution >= 4 is 9.52 Å². The number of rotatable bonds is 4. The van der Waals surface area contributed by atoms with Crippen molar-refractivity contribution in [2.75, 3.05) is 6.61 Å². The summed E-state index contributed by atoms with van der Waals surface area (Å²) in [5.41, 5.74) is 0.358. The van der Waals surface area contributed by atoms with E-state index in [9.17, 15) is 13.2 Å². The molecule has 1 fully saturated rings. The zero-order valence-corrected chi connectivity index (χ0v) is 9.69. The van der Waals surface area contributed by atoms with Gasteiger partial charge in [0.2, 0.25) is 0 Å². The Kier molecular flexibility index (Phi) is 4.95. The van der Waals surface area contributed by atoms with Gasteiger partial charge in [-0.2, -0.15) is 13.2 Å². The molecule has 0 aliphatic carbocycles. The molecule has 0 aromatic carbocycles. The van der Waals surface area contributed by atoms with Crippen molar-refractivity contribution in [1.82, 2.24) is 0 Å². The Morgan fingerprint density at radius 3 is 2.64 bits per heavy atom. The Bertz CT molecular complexity index is 155. The lowest BCUT2D eigenvalue weighted by atomic mass is 10.2. The van der Waals surface area contributed by atoms with Gasteiger partial charge in [0, 0.05) is 18.8 Å². The molecule has 0 bridgehead atoms. The largest absolute Gasteiger partial charge is 0.389 e. The highest BCUT2D eigenvalue weighted by Gasteiger charge is 2.26. The minimum atomic E-state index is -3.97. The standard InChI is InChI=1S/C9H17F3OSi/c10-9(11,12)5-3-7-14-8-4-1-2-6-13-8/h8H,1-7,14H2. The maximum Gasteiger partial charge on any atom is 0.389 e. The summed E-state index contributed by atoms with van der Waals surface area (Å²) in [5, 5.41) is 0. The molecule has 0 aromatic rings. The molecule has 0 aromatic heterocycles. The SMILES string of the molecule is FC(F)(F)CCC[SiH2]C1CCCCO1. The minimum absolute atomic E-state index is 0.301. The summed E-state index contributed by atoms with van der Waals surface area (Å²) < 4.78 is 40.9. The summed E-state index contributed by atoms with van der Waals surface area (Å²) in [6.45, 7) is 0.816. The monoisotopic (exact) mass is 226 g/mol. The van der Waals surface area contributed by atoms with Crippen LogP contribution in [0.15, 0.2) is 0 Å². The molecule has 1 rings (SSSR count). The number of hydrogen-bond donors (Lipinski definition) is 0. The molecule has 0 amide bonds. The average molecular weight is 226 g/mol. The Balaban J connectivity index is 1.97. The summed E-state index contributed by atoms with van der Waals surface area (Å²) in [7, 11) is -0.426. The van der Waals surface area contributed by atoms with Crippen molar-refractivity contribution in [3.63, 3.8) is 0 Å². The van der Waals surface area contributed by atoms with Crippen molar-refractivity contribution in [1.29, 1.82) is 0 Å². The molecule has 1 atom stereocenters. The van der Waals surface area contributed by atoms with E-state index >= 15 is 0 Å². The first kappa shape index (κ1) is 12.0. The number of ether oxygens (including phenoxy) is 1. The molecule has 0 N–H and O–H groups in total. The smallest absolute Gasteiger partial charge is 0.382 e. The van der Waals surface area contributed by atoms with Crippen LogP contribution in [0, 0.1) is 0 Å². The summed E-state index contributed by atoms with van der Waals surface area (Å²) in [6.07, 6.45) is -0.896. The van der Waals surface area contributed by atoms with Crippen LogP contribution in [0.5, 0.6) is 0 Å². The Morgan fingerprint density at radius 2 is 2.07 bits per heavy atom. The maximum atomic E-state index is 11.8. The van der Waals surface area contributed by atoms with E-state index in [-0.39, 0.29) is 0 Å². The van der Waals surface area contributed by atoms with Gasteiger partial charge in [-0.3, -0.25) is 0 Å². The maximum absolute atomic E-state index is 11.8. The lowest BCUT2D eigenvalue weighted by Gasteiger charge is -2.22. The van der Waals surface area contributed by atoms with Gasteiger partial charge in [0.15, 0.2) is 0 Å². The van der Waals surface area contributed by atoms with E-state index in [2.05, 4.69) is 0 Å². The Labute approximate surface area is 84.8 Å². The molecule has 1 aliphatic rings. The third kappa shape index (κ3) is 5.65. The topological polar surface area (TPSA) is 9.23 Å². The van der Waals surface area contributed by atoms with Gasteiger partial charge in [-0.1, -0.05) is 6.04 Å². The van der Waals surface area contributed by atoms with Crippen LogP contribution in [-0.2, 0) is 4.74 Å². The van der Waals surface area contributed by atoms with Gasteiger partial charge in [0.05, 0.1) is 9.52 Å². The van der Waals surface area contributed by atoms with Gasteiger partial charge >= 0.3 is 6.18 Å². The lowest BCUT2D eigenvalue weighted by molar-refractivity contribution is -0.134. The Morgan fingerprint density at radius 1 is 1.29 bits per heavy atom. The van der Waals surface area contributed by atoms with E-state index < -0.39 is 22.1 Å². The second kappa shape index (κ2) is 5.75. The lowest BCUT2D eigenvalue weighted by Crippen LogP contribution is -2.25. The highest BCUT2D eigenvalue weighted by atomic mass is 28.2. The fraction of sp³-hybridized carbons (Fsp3) is 1.00. The first-order chi connectivity index (χ1) is 6.58. The molecule has 0 saturated carbocycles. The van der Waals surface area contributed by atoms with Gasteiger partial charge in [0.25, 0.3) is 0 Å². The number of alkyl halides is 3. The van der Waals surface area contributed by atoms with Gasteiger partial charge < -0.3 is 4.74 Å². The van der Waals surface area contributed by atoms with Crippen LogP contribution in [0.25, 0.3) is 0 Å². The Hall–Kier alpha value is -0.0331. The van der Waals surface area contributed by atoms with Crippen molar-refractivity contribution in [3.05, 3.63) is 0 Å². The fourth-order valence-electron chi connectivity index (χ4n) is 1.73. The summed E-state index contributed by atoms with van der Waals surface area (Å²) in [5.74, 6) is 0. The molecule has 0 spiro atoms. The molecule has 84 valence electrons. The van der Waals surface area contributed by atoms with Gasteiger partial charge in [-0.25, -0.2) is 0 Å². The summed E-state index contributed by atoms with van der Waals surface area (Å²) in [6, 6.07) is 0.768. The van der Waals surface area contributed by atoms with Gasteiger partial charge in [-0.05, 0) is 25.7 Å². The van der Waals surface area contributed by atoms with Crippen molar-refractivity contribution < 1.29 is 17.9 Å². The molecule has 5 heteroatoms. The van der Waals surface area contributed by atoms with E-state index in [1.165, 1.54) is 6.42 Å². The zero-order valence-electron chi connectivity index (χ0n) is 8.28. The van der Waals surface area contributed by atoms with Crippen LogP contribution in [0.4, 0.5) is 13.2 Å². The molecule has 1 heterocycles. The van der Waals surface area contributed by atoms with E-state index in [0.29, 0.717) is 12.1 Å². The van der Waals surface area contributed by atoms with Crippen LogP contribution in [0.3, 0.4) is 0 Å². The van der Waals surface area contributed by atoms with E-state index in [4.69, 9.17) is 4.74 Å². The predicted octanol–water partition coefficient (Wildman–Crippen LogP) is 2.44. The average Bonchev–Trinajstić information content (AvgIpc) is 2.13. The predicted molar refractivity (Wildman–Crippen MR) is 52.2 cm³/mol. The van der Waals surface area contributed by atoms with Gasteiger partial charge in [0.1, 0.15) is 0 Å². The second-order valence-electron chi connectivity index (χ2n) is 3.85. The molecule has 1 nitrogen and oxygen atoms in total. The third-order valence-electron chi connectivity index (χ3n) is 2.51. The first-order valence-electron chi connectivity index (χ1n) is 5.26. The van der Waals surface area contributed by atoms with Crippen molar-refractivity contribution in [2.45, 2.75) is 50.1 Å². The molecule has 1 saturated heterocycles. The third-order valence-corrected chi connectivity index (χ3v) is 4.71. The molecule has 1 aliphatic heterocycles. The highest BCUT2D eigenvalue weighted by Crippen LogP contribution is 2.22. The molecule has 0 radical (unpaired) electrons. The van der Waals surface area contributed by atoms with E-state index in [1.807, 2.05) is 0 Å². The molecular formula is C9H17F3OSi. The molecule has 14 heavy (non-hydrogen) atoms. The van der Waals surface area contributed by atoms with Gasteiger partial charge in [-0.15, -0.1) is 0 Å². The number of halogens is 3. The van der Waals surface area contributed by atoms with Crippen LogP contribution in [-0.4, -0.2) is 28.0 Å². The van der Waals surface area contributed by atoms with Crippen LogP contribution in [0.1, 0.15) is 32.1 Å². The van der Waals surface area contributed by atoms with Crippen LogP contribution in [0.2, 0.25) is 6.04 Å². The van der Waals surface area contributed by atoms with Crippen molar-refractivity contribution in [3.8, 4) is 0 Å². The molecule has 1 unspecified atom stereocenters. The first-order valence-corrected chi connectivity index (χ1v) is 7.08. The molecular weight excluding hydrogens is 209 g/mol. The summed E-state index contributed by atoms with van der Waals surface area (Å²) >= 11 is 0. The normalized spacial score (nSPS) is 24.6. The summed E-state index contributed by atoms with van der Waals surface area (Å²) in [4.78, 5) is 0. The fourth-order valence-corrected chi connectivity index (χ4v) is 3.64. The highest BCUT2D eigenvalue weighted by molar-refractivity contribution is 6.37. The van der Waals surface area contributed by atoms with Crippen LogP contribution >= 0.6 is 0 Å². The quantitative estimate of drug-likeness (QED) is 0.528. The second-order valence-corrected chi connectivity index (χ2v) is 6.04. The van der Waals surface area contributed by atoms with E-state index in [0.717, 1.165) is 25.5 Å². The van der Waals surface area contributed by atoms with E-state index in [1.54, 1.807) is 0 Å². The number of hydrogen-bond acceptors (Lipinski definition) is 1. The minimum Gasteiger partial charge on any atom is -0.382 e. The van der Waals surface area contributed by atoms with Crippen molar-refractivity contribution in [2.24, 2.45) is 0 Å². The zero-order chi connectivity index (χ0) is 10.4.